The zero-order valence-corrected chi connectivity index (χ0v) is 17.4. The summed E-state index contributed by atoms with van der Waals surface area (Å²) in [6.45, 7) is 4.48. The first kappa shape index (κ1) is 18.3. The lowest BCUT2D eigenvalue weighted by Gasteiger charge is -2.36. The Morgan fingerprint density at radius 3 is 2.68 bits per heavy atom. The number of hydrogen-bond donors (Lipinski definition) is 0. The summed E-state index contributed by atoms with van der Waals surface area (Å²) < 4.78 is 0. The Kier molecular flexibility index (Phi) is 4.99. The highest BCUT2D eigenvalue weighted by molar-refractivity contribution is 7.13. The molecule has 3 aliphatic rings. The Morgan fingerprint density at radius 2 is 1.96 bits per heavy atom. The normalized spacial score (nSPS) is 20.4. The van der Waals surface area contributed by atoms with Crippen LogP contribution in [-0.2, 0) is 11.2 Å². The van der Waals surface area contributed by atoms with E-state index in [1.165, 1.54) is 10.5 Å². The van der Waals surface area contributed by atoms with Crippen LogP contribution in [0, 0.1) is 5.92 Å². The minimum Gasteiger partial charge on any atom is -0.340 e. The summed E-state index contributed by atoms with van der Waals surface area (Å²) in [6.07, 6.45) is 4.08. The number of fused-ring (bicyclic) bond motifs is 1. The van der Waals surface area contributed by atoms with Crippen molar-refractivity contribution >= 4 is 33.9 Å². The number of carbonyl (C=O) groups excluding carboxylic acids is 1. The van der Waals surface area contributed by atoms with Crippen molar-refractivity contribution in [1.29, 1.82) is 0 Å². The third kappa shape index (κ3) is 3.63. The van der Waals surface area contributed by atoms with E-state index < -0.39 is 0 Å². The maximum absolute atomic E-state index is 12.2. The van der Waals surface area contributed by atoms with E-state index in [0.717, 1.165) is 80.4 Å². The van der Waals surface area contributed by atoms with Crippen LogP contribution < -0.4 is 0 Å². The Hall–Kier alpha value is -1.69. The van der Waals surface area contributed by atoms with E-state index in [2.05, 4.69) is 39.4 Å². The summed E-state index contributed by atoms with van der Waals surface area (Å²) in [4.78, 5) is 22.8. The number of thiophene rings is 1. The molecule has 4 nitrogen and oxygen atoms in total. The SMILES string of the molecule is O=C(C1CC1)N1CCN(CC2=C(Cl)c3ccc(-c4cccs4)nc3CC2)CC1. The second-order valence-corrected chi connectivity index (χ2v) is 9.29. The fourth-order valence-corrected chi connectivity index (χ4v) is 5.18. The quantitative estimate of drug-likeness (QED) is 0.751. The molecule has 2 fully saturated rings. The fourth-order valence-electron chi connectivity index (χ4n) is 4.16. The molecule has 1 amide bonds. The highest BCUT2D eigenvalue weighted by Gasteiger charge is 2.34. The molecule has 0 aromatic carbocycles. The molecule has 0 atom stereocenters. The third-order valence-corrected chi connectivity index (χ3v) is 7.35. The molecule has 2 aromatic heterocycles. The van der Waals surface area contributed by atoms with E-state index in [1.54, 1.807) is 11.3 Å². The van der Waals surface area contributed by atoms with Gasteiger partial charge in [-0.05, 0) is 54.8 Å². The Labute approximate surface area is 174 Å². The van der Waals surface area contributed by atoms with Crippen LogP contribution in [0.4, 0.5) is 0 Å². The molecule has 1 saturated heterocycles. The van der Waals surface area contributed by atoms with Gasteiger partial charge in [0.25, 0.3) is 0 Å². The summed E-state index contributed by atoms with van der Waals surface area (Å²) in [7, 11) is 0. The summed E-state index contributed by atoms with van der Waals surface area (Å²) in [6, 6.07) is 8.38. The van der Waals surface area contributed by atoms with Gasteiger partial charge in [-0.1, -0.05) is 17.7 Å². The molecule has 146 valence electrons. The zero-order chi connectivity index (χ0) is 19.1. The molecule has 28 heavy (non-hydrogen) atoms. The molecule has 2 aromatic rings. The second-order valence-electron chi connectivity index (χ2n) is 7.96. The number of aryl methyl sites for hydroxylation is 1. The largest absolute Gasteiger partial charge is 0.340 e. The maximum atomic E-state index is 12.2. The van der Waals surface area contributed by atoms with Crippen LogP contribution in [-0.4, -0.2) is 53.4 Å². The van der Waals surface area contributed by atoms with Crippen molar-refractivity contribution in [2.24, 2.45) is 5.92 Å². The molecule has 0 bridgehead atoms. The van der Waals surface area contributed by atoms with Crippen molar-refractivity contribution in [3.05, 3.63) is 46.5 Å². The van der Waals surface area contributed by atoms with Gasteiger partial charge in [0.2, 0.25) is 5.91 Å². The van der Waals surface area contributed by atoms with Crippen LogP contribution in [0.15, 0.2) is 35.2 Å². The minimum atomic E-state index is 0.324. The number of pyridine rings is 1. The van der Waals surface area contributed by atoms with Crippen LogP contribution in [0.25, 0.3) is 15.6 Å². The lowest BCUT2D eigenvalue weighted by Crippen LogP contribution is -2.49. The maximum Gasteiger partial charge on any atom is 0.225 e. The van der Waals surface area contributed by atoms with E-state index in [4.69, 9.17) is 16.6 Å². The standard InChI is InChI=1S/C22H24ClN3OS/c23-21-16(14-25-9-11-26(12-10-25)22(27)15-3-4-15)5-7-18-17(21)6-8-19(24-18)20-2-1-13-28-20/h1-2,6,8,13,15H,3-5,7,9-12,14H2. The van der Waals surface area contributed by atoms with Gasteiger partial charge < -0.3 is 4.90 Å². The summed E-state index contributed by atoms with van der Waals surface area (Å²) >= 11 is 8.51. The molecular weight excluding hydrogens is 390 g/mol. The third-order valence-electron chi connectivity index (χ3n) is 5.98. The molecule has 1 saturated carbocycles. The number of hydrogen-bond acceptors (Lipinski definition) is 4. The lowest BCUT2D eigenvalue weighted by atomic mass is 9.95. The van der Waals surface area contributed by atoms with Crippen LogP contribution in [0.3, 0.4) is 0 Å². The van der Waals surface area contributed by atoms with Crippen molar-refractivity contribution < 1.29 is 4.79 Å². The van der Waals surface area contributed by atoms with E-state index in [9.17, 15) is 4.79 Å². The predicted molar refractivity (Wildman–Crippen MR) is 114 cm³/mol. The van der Waals surface area contributed by atoms with Crippen molar-refractivity contribution in [2.45, 2.75) is 25.7 Å². The van der Waals surface area contributed by atoms with Crippen molar-refractivity contribution in [1.82, 2.24) is 14.8 Å². The number of piperazine rings is 1. The monoisotopic (exact) mass is 413 g/mol. The molecule has 6 heteroatoms. The molecule has 2 aliphatic carbocycles. The average Bonchev–Trinajstić information content (AvgIpc) is 3.43. The molecule has 0 N–H and O–H groups in total. The van der Waals surface area contributed by atoms with Crippen molar-refractivity contribution in [3.63, 3.8) is 0 Å². The van der Waals surface area contributed by atoms with Gasteiger partial charge in [-0.3, -0.25) is 14.7 Å². The first-order valence-corrected chi connectivity index (χ1v) is 11.4. The number of carbonyl (C=O) groups is 1. The van der Waals surface area contributed by atoms with Gasteiger partial charge >= 0.3 is 0 Å². The summed E-state index contributed by atoms with van der Waals surface area (Å²) in [5.74, 6) is 0.696. The van der Waals surface area contributed by atoms with Gasteiger partial charge in [-0.2, -0.15) is 0 Å². The number of amides is 1. The van der Waals surface area contributed by atoms with Crippen LogP contribution >= 0.6 is 22.9 Å². The topological polar surface area (TPSA) is 36.4 Å². The van der Waals surface area contributed by atoms with Gasteiger partial charge in [-0.15, -0.1) is 11.3 Å². The first-order valence-electron chi connectivity index (χ1n) is 10.1. The lowest BCUT2D eigenvalue weighted by molar-refractivity contribution is -0.134. The number of nitrogens with zero attached hydrogens (tertiary/aromatic N) is 3. The van der Waals surface area contributed by atoms with Crippen LogP contribution in [0.2, 0.25) is 0 Å². The van der Waals surface area contributed by atoms with E-state index >= 15 is 0 Å². The predicted octanol–water partition coefficient (Wildman–Crippen LogP) is 4.26. The number of halogens is 1. The number of aromatic nitrogens is 1. The van der Waals surface area contributed by atoms with Gasteiger partial charge in [0.15, 0.2) is 0 Å². The Balaban J connectivity index is 1.26. The van der Waals surface area contributed by atoms with E-state index in [1.807, 2.05) is 0 Å². The first-order chi connectivity index (χ1) is 13.7. The van der Waals surface area contributed by atoms with Gasteiger partial charge in [-0.25, -0.2) is 0 Å². The molecule has 3 heterocycles. The molecule has 0 radical (unpaired) electrons. The highest BCUT2D eigenvalue weighted by atomic mass is 35.5. The fraction of sp³-hybridized carbons (Fsp3) is 0.455. The molecule has 1 aliphatic heterocycles. The van der Waals surface area contributed by atoms with Crippen LogP contribution in [0.1, 0.15) is 30.5 Å². The summed E-state index contributed by atoms with van der Waals surface area (Å²) in [5.41, 5.74) is 4.55. The van der Waals surface area contributed by atoms with E-state index in [-0.39, 0.29) is 0 Å². The van der Waals surface area contributed by atoms with Gasteiger partial charge in [0.05, 0.1) is 21.3 Å². The number of rotatable bonds is 4. The van der Waals surface area contributed by atoms with Gasteiger partial charge in [0.1, 0.15) is 0 Å². The van der Waals surface area contributed by atoms with Gasteiger partial charge in [0, 0.05) is 44.2 Å². The van der Waals surface area contributed by atoms with Crippen LogP contribution in [0.5, 0.6) is 0 Å². The smallest absolute Gasteiger partial charge is 0.225 e. The molecular formula is C22H24ClN3OS. The molecule has 0 unspecified atom stereocenters. The van der Waals surface area contributed by atoms with Crippen molar-refractivity contribution in [3.8, 4) is 10.6 Å². The van der Waals surface area contributed by atoms with E-state index in [0.29, 0.717) is 11.8 Å². The molecule has 5 rings (SSSR count). The Bertz CT molecular complexity index is 912. The highest BCUT2D eigenvalue weighted by Crippen LogP contribution is 2.36. The van der Waals surface area contributed by atoms with Crippen molar-refractivity contribution in [2.75, 3.05) is 32.7 Å². The average molecular weight is 414 g/mol. The zero-order valence-electron chi connectivity index (χ0n) is 15.9. The summed E-state index contributed by atoms with van der Waals surface area (Å²) in [5, 5.41) is 2.96. The molecule has 0 spiro atoms. The second kappa shape index (κ2) is 7.62. The minimum absolute atomic E-state index is 0.324. The Morgan fingerprint density at radius 1 is 1.14 bits per heavy atom.